The smallest absolute Gasteiger partial charge is 0.246 e. The number of aromatic nitrogens is 5. The number of nitrogens with zero attached hydrogens (tertiary/aromatic N) is 6. The van der Waals surface area contributed by atoms with E-state index in [0.29, 0.717) is 17.0 Å². The quantitative estimate of drug-likeness (QED) is 0.514. The minimum atomic E-state index is -0.328. The molecule has 1 aromatic carbocycles. The third kappa shape index (κ3) is 3.91. The number of hydrogen-bond donors (Lipinski definition) is 2. The number of pyridine rings is 1. The van der Waals surface area contributed by atoms with Crippen LogP contribution in [0.4, 0.5) is 21.7 Å². The first-order valence-electron chi connectivity index (χ1n) is 10.0. The third-order valence-corrected chi connectivity index (χ3v) is 5.30. The highest BCUT2D eigenvalue weighted by Gasteiger charge is 2.17. The maximum Gasteiger partial charge on any atom is 0.246 e. The first-order chi connectivity index (χ1) is 15.0. The monoisotopic (exact) mass is 420 g/mol. The van der Waals surface area contributed by atoms with Crippen molar-refractivity contribution in [2.75, 3.05) is 29.0 Å². The lowest BCUT2D eigenvalue weighted by Crippen LogP contribution is -2.20. The Labute approximate surface area is 177 Å². The molecule has 1 amide bonds. The zero-order valence-electron chi connectivity index (χ0n) is 16.7. The lowest BCUT2D eigenvalue weighted by atomic mass is 10.1. The third-order valence-electron chi connectivity index (χ3n) is 5.30. The number of nitrogen functional groups attached to an aromatic ring is 1. The van der Waals surface area contributed by atoms with Gasteiger partial charge >= 0.3 is 0 Å². The summed E-state index contributed by atoms with van der Waals surface area (Å²) in [6.45, 7) is 1.74. The molecular formula is C21H21FN8O. The van der Waals surface area contributed by atoms with Gasteiger partial charge in [0.25, 0.3) is 0 Å². The molecule has 4 heterocycles. The molecule has 1 aliphatic rings. The van der Waals surface area contributed by atoms with Crippen molar-refractivity contribution in [1.82, 2.24) is 24.4 Å². The lowest BCUT2D eigenvalue weighted by Gasteiger charge is -2.18. The summed E-state index contributed by atoms with van der Waals surface area (Å²) >= 11 is 0. The zero-order chi connectivity index (χ0) is 21.4. The molecule has 0 radical (unpaired) electrons. The van der Waals surface area contributed by atoms with Crippen LogP contribution in [0.2, 0.25) is 0 Å². The van der Waals surface area contributed by atoms with E-state index in [4.69, 9.17) is 5.73 Å². The normalized spacial score (nSPS) is 13.8. The summed E-state index contributed by atoms with van der Waals surface area (Å²) in [6.07, 6.45) is 7.35. The lowest BCUT2D eigenvalue weighted by molar-refractivity contribution is -0.116. The van der Waals surface area contributed by atoms with E-state index >= 15 is 0 Å². The molecule has 0 bridgehead atoms. The Balaban J connectivity index is 1.25. The SMILES string of the molecule is Nc1nc2cc(-c3cnn(CC(=O)Nc4ccc(N5CCCC5)c(F)c4)c3)ccn2n1. The highest BCUT2D eigenvalue weighted by molar-refractivity contribution is 5.90. The molecule has 0 atom stereocenters. The summed E-state index contributed by atoms with van der Waals surface area (Å²) in [5.74, 6) is -0.413. The van der Waals surface area contributed by atoms with Gasteiger partial charge in [0.15, 0.2) is 5.65 Å². The predicted molar refractivity (Wildman–Crippen MR) is 115 cm³/mol. The van der Waals surface area contributed by atoms with Crippen LogP contribution < -0.4 is 16.0 Å². The van der Waals surface area contributed by atoms with Crippen molar-refractivity contribution in [2.45, 2.75) is 19.4 Å². The highest BCUT2D eigenvalue weighted by Crippen LogP contribution is 2.26. The molecule has 0 unspecified atom stereocenters. The molecule has 0 aliphatic carbocycles. The Kier molecular flexibility index (Phi) is 4.73. The van der Waals surface area contributed by atoms with E-state index in [1.54, 1.807) is 35.2 Å². The fourth-order valence-electron chi connectivity index (χ4n) is 3.82. The van der Waals surface area contributed by atoms with Gasteiger partial charge in [0, 0.05) is 36.7 Å². The molecule has 0 saturated carbocycles. The summed E-state index contributed by atoms with van der Waals surface area (Å²) in [4.78, 5) is 18.6. The number of nitrogens with one attached hydrogen (secondary N) is 1. The molecule has 5 rings (SSSR count). The van der Waals surface area contributed by atoms with Crippen molar-refractivity contribution in [2.24, 2.45) is 0 Å². The van der Waals surface area contributed by atoms with E-state index in [9.17, 15) is 9.18 Å². The summed E-state index contributed by atoms with van der Waals surface area (Å²) in [5.41, 5.74) is 8.96. The van der Waals surface area contributed by atoms with Crippen LogP contribution in [-0.2, 0) is 11.3 Å². The molecule has 1 fully saturated rings. The van der Waals surface area contributed by atoms with E-state index in [2.05, 4.69) is 20.5 Å². The van der Waals surface area contributed by atoms with Crippen molar-refractivity contribution in [3.05, 3.63) is 54.7 Å². The zero-order valence-corrected chi connectivity index (χ0v) is 16.7. The van der Waals surface area contributed by atoms with Gasteiger partial charge < -0.3 is 16.0 Å². The second-order valence-corrected chi connectivity index (χ2v) is 7.52. The summed E-state index contributed by atoms with van der Waals surface area (Å²) < 4.78 is 17.6. The van der Waals surface area contributed by atoms with Crippen molar-refractivity contribution in [3.8, 4) is 11.1 Å². The van der Waals surface area contributed by atoms with Gasteiger partial charge in [-0.3, -0.25) is 9.48 Å². The van der Waals surface area contributed by atoms with Crippen molar-refractivity contribution in [1.29, 1.82) is 0 Å². The largest absolute Gasteiger partial charge is 0.369 e. The molecule has 1 aliphatic heterocycles. The second kappa shape index (κ2) is 7.71. The molecule has 0 spiro atoms. The first kappa shape index (κ1) is 19.0. The number of halogens is 1. The second-order valence-electron chi connectivity index (χ2n) is 7.52. The van der Waals surface area contributed by atoms with Crippen LogP contribution in [0.25, 0.3) is 16.8 Å². The topological polar surface area (TPSA) is 106 Å². The van der Waals surface area contributed by atoms with Crippen molar-refractivity contribution >= 4 is 28.9 Å². The molecule has 10 heteroatoms. The van der Waals surface area contributed by atoms with E-state index < -0.39 is 0 Å². The van der Waals surface area contributed by atoms with Gasteiger partial charge in [-0.25, -0.2) is 8.91 Å². The van der Waals surface area contributed by atoms with Crippen LogP contribution in [0.5, 0.6) is 0 Å². The van der Waals surface area contributed by atoms with Crippen LogP contribution in [-0.4, -0.2) is 43.4 Å². The minimum Gasteiger partial charge on any atom is -0.369 e. The van der Waals surface area contributed by atoms with Gasteiger partial charge in [0.1, 0.15) is 12.4 Å². The van der Waals surface area contributed by atoms with Gasteiger partial charge in [-0.1, -0.05) is 0 Å². The van der Waals surface area contributed by atoms with Crippen LogP contribution in [0, 0.1) is 5.82 Å². The highest BCUT2D eigenvalue weighted by atomic mass is 19.1. The molecule has 4 aromatic rings. The fourth-order valence-corrected chi connectivity index (χ4v) is 3.82. The van der Waals surface area contributed by atoms with Crippen LogP contribution in [0.15, 0.2) is 48.9 Å². The maximum atomic E-state index is 14.5. The Bertz CT molecular complexity index is 1260. The van der Waals surface area contributed by atoms with E-state index in [1.165, 1.54) is 10.7 Å². The molecule has 9 nitrogen and oxygen atoms in total. The number of rotatable bonds is 5. The molecule has 1 saturated heterocycles. The Hall–Kier alpha value is -3.95. The predicted octanol–water partition coefficient (Wildman–Crippen LogP) is 2.55. The molecule has 3 N–H and O–H groups in total. The summed E-state index contributed by atoms with van der Waals surface area (Å²) in [5, 5.41) is 11.0. The Morgan fingerprint density at radius 2 is 2.00 bits per heavy atom. The maximum absolute atomic E-state index is 14.5. The number of carbonyl (C=O) groups is 1. The number of hydrogen-bond acceptors (Lipinski definition) is 6. The molecule has 158 valence electrons. The molecule has 31 heavy (non-hydrogen) atoms. The van der Waals surface area contributed by atoms with Crippen molar-refractivity contribution in [3.63, 3.8) is 0 Å². The van der Waals surface area contributed by atoms with Crippen LogP contribution >= 0.6 is 0 Å². The van der Waals surface area contributed by atoms with Gasteiger partial charge in [-0.05, 0) is 48.7 Å². The van der Waals surface area contributed by atoms with E-state index in [-0.39, 0.29) is 24.2 Å². The van der Waals surface area contributed by atoms with Crippen LogP contribution in [0.3, 0.4) is 0 Å². The van der Waals surface area contributed by atoms with E-state index in [1.807, 2.05) is 17.0 Å². The number of nitrogens with two attached hydrogens (primary N) is 1. The van der Waals surface area contributed by atoms with Crippen molar-refractivity contribution < 1.29 is 9.18 Å². The average molecular weight is 420 g/mol. The minimum absolute atomic E-state index is 0.00954. The number of carbonyl (C=O) groups excluding carboxylic acids is 1. The Morgan fingerprint density at radius 1 is 1.16 bits per heavy atom. The fraction of sp³-hybridized carbons (Fsp3) is 0.238. The molecular weight excluding hydrogens is 399 g/mol. The first-order valence-corrected chi connectivity index (χ1v) is 10.0. The number of benzene rings is 1. The molecule has 3 aromatic heterocycles. The number of amides is 1. The van der Waals surface area contributed by atoms with Gasteiger partial charge in [0.05, 0.1) is 11.9 Å². The van der Waals surface area contributed by atoms with E-state index in [0.717, 1.165) is 37.1 Å². The number of fused-ring (bicyclic) bond motifs is 1. The van der Waals surface area contributed by atoms with Gasteiger partial charge in [0.2, 0.25) is 11.9 Å². The number of anilines is 3. The van der Waals surface area contributed by atoms with Gasteiger partial charge in [-0.2, -0.15) is 10.1 Å². The summed E-state index contributed by atoms with van der Waals surface area (Å²) in [7, 11) is 0. The Morgan fingerprint density at radius 3 is 2.81 bits per heavy atom. The standard InChI is InChI=1S/C21H21FN8O/c22-17-10-16(3-4-18(17)28-6-1-2-7-28)25-20(31)13-29-12-15(11-24-29)14-5-8-30-19(9-14)26-21(23)27-30/h3-5,8-12H,1-2,6-7,13H2,(H2,23,27)(H,25,31). The average Bonchev–Trinajstić information content (AvgIpc) is 3.47. The van der Waals surface area contributed by atoms with Crippen LogP contribution in [0.1, 0.15) is 12.8 Å². The summed E-state index contributed by atoms with van der Waals surface area (Å²) in [6, 6.07) is 8.51. The van der Waals surface area contributed by atoms with Gasteiger partial charge in [-0.15, -0.1) is 5.10 Å².